The zero-order chi connectivity index (χ0) is 17.9. The molecule has 0 spiro atoms. The van der Waals surface area contributed by atoms with Crippen LogP contribution in [0.2, 0.25) is 0 Å². The summed E-state index contributed by atoms with van der Waals surface area (Å²) in [5, 5.41) is 1.01. The van der Waals surface area contributed by atoms with Gasteiger partial charge in [0.15, 0.2) is 11.3 Å². The van der Waals surface area contributed by atoms with E-state index in [1.165, 1.54) is 16.7 Å². The van der Waals surface area contributed by atoms with Crippen LogP contribution in [0.25, 0.3) is 22.1 Å². The van der Waals surface area contributed by atoms with E-state index in [1.807, 2.05) is 18.2 Å². The summed E-state index contributed by atoms with van der Waals surface area (Å²) in [5.74, 6) is 2.21. The standard InChI is InChI=1S/C23H20O3/c1-24-21-13-12-19-15-20(26-22(19)23(21)25-2)14-16-8-10-18(11-9-16)17-6-4-3-5-7-17/h3-13,15H,14H2,1-2H3. The Morgan fingerprint density at radius 3 is 2.19 bits per heavy atom. The van der Waals surface area contributed by atoms with Gasteiger partial charge in [-0.15, -0.1) is 0 Å². The lowest BCUT2D eigenvalue weighted by atomic mass is 10.0. The third kappa shape index (κ3) is 3.04. The van der Waals surface area contributed by atoms with Crippen molar-refractivity contribution in [2.45, 2.75) is 6.42 Å². The van der Waals surface area contributed by atoms with Gasteiger partial charge in [0, 0.05) is 11.8 Å². The Kier molecular flexibility index (Phi) is 4.36. The van der Waals surface area contributed by atoms with Crippen molar-refractivity contribution in [3.63, 3.8) is 0 Å². The monoisotopic (exact) mass is 344 g/mol. The third-order valence-corrected chi connectivity index (χ3v) is 4.52. The molecule has 0 unspecified atom stereocenters. The Labute approximate surface area is 152 Å². The summed E-state index contributed by atoms with van der Waals surface area (Å²) in [6.45, 7) is 0. The average Bonchev–Trinajstić information content (AvgIpc) is 3.10. The number of methoxy groups -OCH3 is 2. The van der Waals surface area contributed by atoms with Crippen LogP contribution < -0.4 is 9.47 Å². The molecule has 0 amide bonds. The van der Waals surface area contributed by atoms with E-state index in [4.69, 9.17) is 13.9 Å². The van der Waals surface area contributed by atoms with Gasteiger partial charge < -0.3 is 13.9 Å². The van der Waals surface area contributed by atoms with Crippen molar-refractivity contribution < 1.29 is 13.9 Å². The van der Waals surface area contributed by atoms with Crippen molar-refractivity contribution >= 4 is 11.0 Å². The molecule has 0 fully saturated rings. The number of furan rings is 1. The van der Waals surface area contributed by atoms with Crippen LogP contribution in [-0.4, -0.2) is 14.2 Å². The molecule has 1 heterocycles. The molecule has 0 aliphatic rings. The summed E-state index contributed by atoms with van der Waals surface area (Å²) >= 11 is 0. The Morgan fingerprint density at radius 2 is 1.50 bits per heavy atom. The number of fused-ring (bicyclic) bond motifs is 1. The Bertz CT molecular complexity index is 1010. The lowest BCUT2D eigenvalue weighted by Crippen LogP contribution is -1.90. The van der Waals surface area contributed by atoms with E-state index in [2.05, 4.69) is 54.6 Å². The summed E-state index contributed by atoms with van der Waals surface area (Å²) in [7, 11) is 3.25. The van der Waals surface area contributed by atoms with Gasteiger partial charge in [0.05, 0.1) is 14.2 Å². The summed E-state index contributed by atoms with van der Waals surface area (Å²) in [6, 6.07) is 24.9. The van der Waals surface area contributed by atoms with Crippen LogP contribution >= 0.6 is 0 Å². The molecule has 4 aromatic rings. The van der Waals surface area contributed by atoms with Gasteiger partial charge in [-0.1, -0.05) is 54.6 Å². The number of benzene rings is 3. The van der Waals surface area contributed by atoms with E-state index in [-0.39, 0.29) is 0 Å². The first-order valence-corrected chi connectivity index (χ1v) is 8.56. The molecular formula is C23H20O3. The highest BCUT2D eigenvalue weighted by atomic mass is 16.5. The smallest absolute Gasteiger partial charge is 0.204 e. The van der Waals surface area contributed by atoms with Gasteiger partial charge in [-0.25, -0.2) is 0 Å². The molecule has 3 nitrogen and oxygen atoms in total. The van der Waals surface area contributed by atoms with Gasteiger partial charge in [0.25, 0.3) is 0 Å². The number of rotatable bonds is 5. The van der Waals surface area contributed by atoms with Gasteiger partial charge in [-0.2, -0.15) is 0 Å². The molecule has 0 saturated heterocycles. The number of hydrogen-bond acceptors (Lipinski definition) is 3. The van der Waals surface area contributed by atoms with Crippen LogP contribution in [-0.2, 0) is 6.42 Å². The predicted molar refractivity (Wildman–Crippen MR) is 104 cm³/mol. The Hall–Kier alpha value is -3.20. The van der Waals surface area contributed by atoms with E-state index in [0.717, 1.165) is 23.2 Å². The van der Waals surface area contributed by atoms with E-state index >= 15 is 0 Å². The SMILES string of the molecule is COc1ccc2cc(Cc3ccc(-c4ccccc4)cc3)oc2c1OC. The van der Waals surface area contributed by atoms with Crippen molar-refractivity contribution in [1.82, 2.24) is 0 Å². The molecule has 26 heavy (non-hydrogen) atoms. The first-order chi connectivity index (χ1) is 12.8. The lowest BCUT2D eigenvalue weighted by Gasteiger charge is -2.06. The minimum Gasteiger partial charge on any atom is -0.493 e. The Morgan fingerprint density at radius 1 is 0.769 bits per heavy atom. The summed E-state index contributed by atoms with van der Waals surface area (Å²) in [5.41, 5.74) is 4.36. The maximum atomic E-state index is 6.05. The van der Waals surface area contributed by atoms with Crippen molar-refractivity contribution in [2.75, 3.05) is 14.2 Å². The zero-order valence-electron chi connectivity index (χ0n) is 14.9. The molecule has 3 aromatic carbocycles. The van der Waals surface area contributed by atoms with Crippen molar-refractivity contribution in [3.8, 4) is 22.6 Å². The predicted octanol–water partition coefficient (Wildman–Crippen LogP) is 5.71. The van der Waals surface area contributed by atoms with E-state index in [1.54, 1.807) is 14.2 Å². The van der Waals surface area contributed by atoms with E-state index in [0.29, 0.717) is 11.5 Å². The second-order valence-corrected chi connectivity index (χ2v) is 6.17. The Balaban J connectivity index is 1.61. The van der Waals surface area contributed by atoms with Crippen LogP contribution in [0.5, 0.6) is 11.5 Å². The molecule has 0 radical (unpaired) electrons. The lowest BCUT2D eigenvalue weighted by molar-refractivity contribution is 0.352. The van der Waals surface area contributed by atoms with Crippen molar-refractivity contribution in [3.05, 3.63) is 84.1 Å². The molecule has 4 rings (SSSR count). The van der Waals surface area contributed by atoms with Crippen molar-refractivity contribution in [2.24, 2.45) is 0 Å². The summed E-state index contributed by atoms with van der Waals surface area (Å²) in [6.07, 6.45) is 0.731. The fourth-order valence-corrected chi connectivity index (χ4v) is 3.20. The topological polar surface area (TPSA) is 31.6 Å². The second kappa shape index (κ2) is 6.96. The molecule has 0 atom stereocenters. The van der Waals surface area contributed by atoms with Gasteiger partial charge >= 0.3 is 0 Å². The first kappa shape index (κ1) is 16.3. The molecule has 130 valence electrons. The highest BCUT2D eigenvalue weighted by Crippen LogP contribution is 2.37. The number of ether oxygens (including phenoxy) is 2. The van der Waals surface area contributed by atoms with Gasteiger partial charge in [-0.3, -0.25) is 0 Å². The molecular weight excluding hydrogens is 324 g/mol. The van der Waals surface area contributed by atoms with Crippen LogP contribution in [0.3, 0.4) is 0 Å². The van der Waals surface area contributed by atoms with Gasteiger partial charge in [0.2, 0.25) is 5.75 Å². The van der Waals surface area contributed by atoms with Crippen LogP contribution in [0.1, 0.15) is 11.3 Å². The summed E-state index contributed by atoms with van der Waals surface area (Å²) < 4.78 is 16.8. The normalized spacial score (nSPS) is 10.8. The highest BCUT2D eigenvalue weighted by molar-refractivity contribution is 5.86. The minimum absolute atomic E-state index is 0.635. The fourth-order valence-electron chi connectivity index (χ4n) is 3.20. The summed E-state index contributed by atoms with van der Waals surface area (Å²) in [4.78, 5) is 0. The highest BCUT2D eigenvalue weighted by Gasteiger charge is 2.14. The minimum atomic E-state index is 0.635. The number of hydrogen-bond donors (Lipinski definition) is 0. The molecule has 0 saturated carbocycles. The molecule has 0 N–H and O–H groups in total. The first-order valence-electron chi connectivity index (χ1n) is 8.56. The molecule has 1 aromatic heterocycles. The third-order valence-electron chi connectivity index (χ3n) is 4.52. The maximum absolute atomic E-state index is 6.05. The molecule has 0 aliphatic carbocycles. The maximum Gasteiger partial charge on any atom is 0.204 e. The second-order valence-electron chi connectivity index (χ2n) is 6.17. The zero-order valence-corrected chi connectivity index (χ0v) is 14.9. The van der Waals surface area contributed by atoms with E-state index in [9.17, 15) is 0 Å². The molecule has 0 aliphatic heterocycles. The largest absolute Gasteiger partial charge is 0.493 e. The van der Waals surface area contributed by atoms with Gasteiger partial charge in [-0.05, 0) is 34.9 Å². The quantitative estimate of drug-likeness (QED) is 0.465. The van der Waals surface area contributed by atoms with Crippen LogP contribution in [0.4, 0.5) is 0 Å². The molecule has 3 heteroatoms. The van der Waals surface area contributed by atoms with Crippen LogP contribution in [0, 0.1) is 0 Å². The average molecular weight is 344 g/mol. The van der Waals surface area contributed by atoms with Crippen LogP contribution in [0.15, 0.2) is 77.2 Å². The van der Waals surface area contributed by atoms with Gasteiger partial charge in [0.1, 0.15) is 5.76 Å². The van der Waals surface area contributed by atoms with Crippen molar-refractivity contribution in [1.29, 1.82) is 0 Å². The van der Waals surface area contributed by atoms with E-state index < -0.39 is 0 Å². The fraction of sp³-hybridized carbons (Fsp3) is 0.130. The molecule has 0 bridgehead atoms.